The zero-order valence-electron chi connectivity index (χ0n) is 31.7. The van der Waals surface area contributed by atoms with E-state index in [4.69, 9.17) is 0 Å². The first-order valence-electron chi connectivity index (χ1n) is 19.8. The first kappa shape index (κ1) is 38.2. The molecular weight excluding hydrogens is 673 g/mol. The highest BCUT2D eigenvalue weighted by atomic mass is 16.6. The summed E-state index contributed by atoms with van der Waals surface area (Å²) in [6, 6.07) is 35.3. The minimum atomic E-state index is -0.373. The smallest absolute Gasteiger partial charge is 0.269 e. The minimum absolute atomic E-state index is 0.0477. The second-order valence-electron chi connectivity index (χ2n) is 14.5. The maximum absolute atomic E-state index is 11.5. The van der Waals surface area contributed by atoms with Crippen LogP contribution in [0, 0.1) is 20.2 Å². The van der Waals surface area contributed by atoms with Crippen LogP contribution in [0.25, 0.3) is 44.9 Å². The second-order valence-corrected chi connectivity index (χ2v) is 14.5. The van der Waals surface area contributed by atoms with E-state index >= 15 is 0 Å². The summed E-state index contributed by atoms with van der Waals surface area (Å²) in [5.74, 6) is 0. The Kier molecular flexibility index (Phi) is 13.1. The SMILES string of the molecule is CCCCCCCCc1ccc(-n2c(-c3ccc([N+](=O)[O-])cc3)cc3c2cc(-c2ccc([N+](=O)[O-])cc2)n3-c2ccc(CCCCCCCC)cc2)cc1. The molecule has 0 saturated carbocycles. The van der Waals surface area contributed by atoms with Gasteiger partial charge in [-0.3, -0.25) is 20.2 Å². The number of hydrogen-bond acceptors (Lipinski definition) is 4. The molecule has 0 unspecified atom stereocenters. The Bertz CT molecular complexity index is 1970. The standard InChI is InChI=1S/C46H52N4O4/c1-3-5-7-9-11-13-15-35-17-25-39(26-18-35)47-43(37-21-29-41(30-22-37)49(51)52)33-46-45(47)34-44(38-23-31-42(32-24-38)50(53)54)48(46)40-27-19-36(20-28-40)16-14-12-10-8-6-4-2/h17-34H,3-16H2,1-2H3. The van der Waals surface area contributed by atoms with Gasteiger partial charge in [0.25, 0.3) is 11.4 Å². The van der Waals surface area contributed by atoms with E-state index in [1.165, 1.54) is 88.2 Å². The summed E-state index contributed by atoms with van der Waals surface area (Å²) >= 11 is 0. The molecular formula is C46H52N4O4. The van der Waals surface area contributed by atoms with Crippen molar-refractivity contribution in [3.8, 4) is 33.9 Å². The van der Waals surface area contributed by atoms with E-state index in [9.17, 15) is 20.2 Å². The van der Waals surface area contributed by atoms with Gasteiger partial charge in [0, 0.05) is 35.6 Å². The Balaban J connectivity index is 1.42. The monoisotopic (exact) mass is 724 g/mol. The maximum Gasteiger partial charge on any atom is 0.269 e. The predicted octanol–water partition coefficient (Wildman–Crippen LogP) is 13.4. The molecule has 0 atom stereocenters. The Hall–Kier alpha value is -5.50. The van der Waals surface area contributed by atoms with Crippen LogP contribution in [0.2, 0.25) is 0 Å². The summed E-state index contributed by atoms with van der Waals surface area (Å²) in [7, 11) is 0. The van der Waals surface area contributed by atoms with Crippen LogP contribution in [-0.2, 0) is 12.8 Å². The second kappa shape index (κ2) is 18.5. The molecule has 8 nitrogen and oxygen atoms in total. The lowest BCUT2D eigenvalue weighted by atomic mass is 10.0. The average molecular weight is 725 g/mol. The fraction of sp³-hybridized carbons (Fsp3) is 0.348. The van der Waals surface area contributed by atoms with E-state index in [0.717, 1.165) is 57.8 Å². The molecule has 2 aromatic heterocycles. The van der Waals surface area contributed by atoms with Crippen molar-refractivity contribution in [3.05, 3.63) is 141 Å². The van der Waals surface area contributed by atoms with E-state index in [2.05, 4.69) is 83.6 Å². The number of aryl methyl sites for hydroxylation is 2. The van der Waals surface area contributed by atoms with Crippen LogP contribution in [-0.4, -0.2) is 19.0 Å². The quantitative estimate of drug-likeness (QED) is 0.0445. The number of hydrogen-bond donors (Lipinski definition) is 0. The Labute approximate surface area is 318 Å². The molecule has 0 fully saturated rings. The number of nitro groups is 2. The summed E-state index contributed by atoms with van der Waals surface area (Å²) < 4.78 is 4.45. The van der Waals surface area contributed by atoms with Gasteiger partial charge in [0.2, 0.25) is 0 Å². The fourth-order valence-corrected chi connectivity index (χ4v) is 7.49. The summed E-state index contributed by atoms with van der Waals surface area (Å²) in [6.07, 6.45) is 17.2. The number of rotatable bonds is 20. The van der Waals surface area contributed by atoms with Gasteiger partial charge in [-0.15, -0.1) is 0 Å². The Morgan fingerprint density at radius 1 is 0.444 bits per heavy atom. The molecule has 6 aromatic rings. The van der Waals surface area contributed by atoms with E-state index in [0.29, 0.717) is 0 Å². The van der Waals surface area contributed by atoms with Gasteiger partial charge in [-0.25, -0.2) is 0 Å². The number of benzene rings is 4. The van der Waals surface area contributed by atoms with Crippen LogP contribution in [0.15, 0.2) is 109 Å². The van der Waals surface area contributed by atoms with E-state index in [1.807, 2.05) is 24.3 Å². The van der Waals surface area contributed by atoms with Crippen molar-refractivity contribution in [2.45, 2.75) is 104 Å². The third-order valence-electron chi connectivity index (χ3n) is 10.5. The third-order valence-corrected chi connectivity index (χ3v) is 10.5. The van der Waals surface area contributed by atoms with Gasteiger partial charge >= 0.3 is 0 Å². The highest BCUT2D eigenvalue weighted by Crippen LogP contribution is 2.39. The molecule has 0 bridgehead atoms. The summed E-state index contributed by atoms with van der Waals surface area (Å²) in [5, 5.41) is 23.1. The highest BCUT2D eigenvalue weighted by molar-refractivity contribution is 5.93. The van der Waals surface area contributed by atoms with Crippen LogP contribution >= 0.6 is 0 Å². The lowest BCUT2D eigenvalue weighted by Crippen LogP contribution is -1.98. The molecule has 0 aliphatic rings. The fourth-order valence-electron chi connectivity index (χ4n) is 7.49. The van der Waals surface area contributed by atoms with Crippen molar-refractivity contribution in [1.82, 2.24) is 9.13 Å². The third kappa shape index (κ3) is 9.16. The number of non-ortho nitro benzene ring substituents is 2. The average Bonchev–Trinajstić information content (AvgIpc) is 3.75. The molecule has 0 radical (unpaired) electrons. The zero-order chi connectivity index (χ0) is 37.9. The largest absolute Gasteiger partial charge is 0.308 e. The zero-order valence-corrected chi connectivity index (χ0v) is 31.7. The topological polar surface area (TPSA) is 96.1 Å². The van der Waals surface area contributed by atoms with Crippen molar-refractivity contribution in [2.24, 2.45) is 0 Å². The lowest BCUT2D eigenvalue weighted by molar-refractivity contribution is -0.385. The van der Waals surface area contributed by atoms with Gasteiger partial charge in [0.05, 0.1) is 32.3 Å². The number of nitro benzene ring substituents is 2. The van der Waals surface area contributed by atoms with Crippen LogP contribution in [0.4, 0.5) is 11.4 Å². The summed E-state index contributed by atoms with van der Waals surface area (Å²) in [4.78, 5) is 22.3. The molecule has 2 heterocycles. The van der Waals surface area contributed by atoms with Crippen molar-refractivity contribution < 1.29 is 9.85 Å². The van der Waals surface area contributed by atoms with Gasteiger partial charge in [-0.05, 0) is 109 Å². The van der Waals surface area contributed by atoms with Crippen LogP contribution in [0.5, 0.6) is 0 Å². The van der Waals surface area contributed by atoms with Crippen LogP contribution in [0.1, 0.15) is 102 Å². The molecule has 8 heteroatoms. The van der Waals surface area contributed by atoms with Gasteiger partial charge in [-0.1, -0.05) is 102 Å². The van der Waals surface area contributed by atoms with E-state index < -0.39 is 0 Å². The van der Waals surface area contributed by atoms with Gasteiger partial charge in [-0.2, -0.15) is 0 Å². The molecule has 0 aliphatic carbocycles. The summed E-state index contributed by atoms with van der Waals surface area (Å²) in [6.45, 7) is 4.49. The van der Waals surface area contributed by atoms with Crippen molar-refractivity contribution in [1.29, 1.82) is 0 Å². The first-order valence-corrected chi connectivity index (χ1v) is 19.8. The van der Waals surface area contributed by atoms with Crippen molar-refractivity contribution >= 4 is 22.4 Å². The number of unbranched alkanes of at least 4 members (excludes halogenated alkanes) is 10. The highest BCUT2D eigenvalue weighted by Gasteiger charge is 2.22. The van der Waals surface area contributed by atoms with Crippen molar-refractivity contribution in [2.75, 3.05) is 0 Å². The molecule has 0 spiro atoms. The number of nitrogens with zero attached hydrogens (tertiary/aromatic N) is 4. The van der Waals surface area contributed by atoms with Crippen LogP contribution < -0.4 is 0 Å². The molecule has 54 heavy (non-hydrogen) atoms. The van der Waals surface area contributed by atoms with Gasteiger partial charge in [0.1, 0.15) is 0 Å². The lowest BCUT2D eigenvalue weighted by Gasteiger charge is -2.13. The predicted molar refractivity (Wildman–Crippen MR) is 221 cm³/mol. The van der Waals surface area contributed by atoms with Gasteiger partial charge in [0.15, 0.2) is 0 Å². The molecule has 0 saturated heterocycles. The molecule has 4 aromatic carbocycles. The Morgan fingerprint density at radius 2 is 0.778 bits per heavy atom. The first-order chi connectivity index (χ1) is 26.4. The normalized spacial score (nSPS) is 11.4. The molecule has 280 valence electrons. The molecule has 6 rings (SSSR count). The van der Waals surface area contributed by atoms with E-state index in [-0.39, 0.29) is 21.2 Å². The Morgan fingerprint density at radius 3 is 1.11 bits per heavy atom. The number of aromatic nitrogens is 2. The minimum Gasteiger partial charge on any atom is -0.308 e. The van der Waals surface area contributed by atoms with Crippen molar-refractivity contribution in [3.63, 3.8) is 0 Å². The molecule has 0 N–H and O–H groups in total. The van der Waals surface area contributed by atoms with E-state index in [1.54, 1.807) is 24.3 Å². The summed E-state index contributed by atoms with van der Waals surface area (Å²) in [5.41, 5.74) is 10.2. The van der Waals surface area contributed by atoms with Crippen LogP contribution in [0.3, 0.4) is 0 Å². The van der Waals surface area contributed by atoms with Gasteiger partial charge < -0.3 is 9.13 Å². The molecule has 0 amide bonds. The molecule has 0 aliphatic heterocycles. The maximum atomic E-state index is 11.5. The number of fused-ring (bicyclic) bond motifs is 1.